The molecule has 0 amide bonds. The van der Waals surface area contributed by atoms with Crippen molar-refractivity contribution in [1.29, 1.82) is 0 Å². The molecule has 0 heterocycles. The zero-order valence-electron chi connectivity index (χ0n) is 13.7. The summed E-state index contributed by atoms with van der Waals surface area (Å²) in [5.74, 6) is 0.603. The molecule has 0 aliphatic carbocycles. The molecule has 0 aliphatic heterocycles. The number of alkyl halides is 2. The van der Waals surface area contributed by atoms with Crippen LogP contribution in [0.3, 0.4) is 0 Å². The molecule has 2 aromatic rings. The SMILES string of the molecule is COc1ccc(C(C)=O)cc1CO/N=C/c1ccc(OC(F)F)cc1. The summed E-state index contributed by atoms with van der Waals surface area (Å²) in [6.45, 7) is -1.26. The van der Waals surface area contributed by atoms with E-state index in [4.69, 9.17) is 9.57 Å². The first kappa shape index (κ1) is 18.4. The van der Waals surface area contributed by atoms with Crippen LogP contribution in [0.2, 0.25) is 0 Å². The first-order chi connectivity index (χ1) is 12.0. The minimum absolute atomic E-state index is 0.0569. The van der Waals surface area contributed by atoms with Gasteiger partial charge in [-0.2, -0.15) is 8.78 Å². The van der Waals surface area contributed by atoms with Crippen molar-refractivity contribution in [1.82, 2.24) is 0 Å². The molecule has 0 aliphatic rings. The molecule has 0 bridgehead atoms. The summed E-state index contributed by atoms with van der Waals surface area (Å²) in [5, 5.41) is 3.82. The van der Waals surface area contributed by atoms with Gasteiger partial charge in [-0.3, -0.25) is 4.79 Å². The number of ketones is 1. The average Bonchev–Trinajstić information content (AvgIpc) is 2.59. The minimum atomic E-state index is -2.86. The van der Waals surface area contributed by atoms with Gasteiger partial charge in [0.2, 0.25) is 0 Å². The molecule has 0 saturated carbocycles. The summed E-state index contributed by atoms with van der Waals surface area (Å²) >= 11 is 0. The van der Waals surface area contributed by atoms with Crippen LogP contribution in [-0.2, 0) is 11.4 Å². The number of carbonyl (C=O) groups excluding carboxylic acids is 1. The molecule has 2 aromatic carbocycles. The molecule has 132 valence electrons. The van der Waals surface area contributed by atoms with Crippen LogP contribution in [0.1, 0.15) is 28.4 Å². The topological polar surface area (TPSA) is 57.1 Å². The Morgan fingerprint density at radius 3 is 2.52 bits per heavy atom. The van der Waals surface area contributed by atoms with E-state index in [9.17, 15) is 13.6 Å². The second-order valence-corrected chi connectivity index (χ2v) is 5.04. The molecule has 0 spiro atoms. The number of hydrogen-bond acceptors (Lipinski definition) is 5. The first-order valence-electron chi connectivity index (χ1n) is 7.37. The third-order valence-corrected chi connectivity index (χ3v) is 3.29. The van der Waals surface area contributed by atoms with Gasteiger partial charge in [-0.15, -0.1) is 0 Å². The second-order valence-electron chi connectivity index (χ2n) is 5.04. The van der Waals surface area contributed by atoms with Gasteiger partial charge in [0.1, 0.15) is 18.1 Å². The van der Waals surface area contributed by atoms with Crippen molar-refractivity contribution in [2.75, 3.05) is 7.11 Å². The van der Waals surface area contributed by atoms with Crippen LogP contribution in [0, 0.1) is 0 Å². The van der Waals surface area contributed by atoms with E-state index in [-0.39, 0.29) is 18.1 Å². The zero-order valence-corrected chi connectivity index (χ0v) is 13.7. The number of nitrogens with zero attached hydrogens (tertiary/aromatic N) is 1. The maximum absolute atomic E-state index is 12.1. The van der Waals surface area contributed by atoms with Crippen LogP contribution < -0.4 is 9.47 Å². The second kappa shape index (κ2) is 8.77. The Bertz CT molecular complexity index is 745. The van der Waals surface area contributed by atoms with Crippen molar-refractivity contribution in [3.05, 3.63) is 59.2 Å². The maximum atomic E-state index is 12.1. The van der Waals surface area contributed by atoms with Gasteiger partial charge in [-0.05, 0) is 55.0 Å². The van der Waals surface area contributed by atoms with Gasteiger partial charge in [0, 0.05) is 11.1 Å². The Kier molecular flexibility index (Phi) is 6.45. The lowest BCUT2D eigenvalue weighted by Crippen LogP contribution is -2.01. The number of halogens is 2. The van der Waals surface area contributed by atoms with E-state index >= 15 is 0 Å². The van der Waals surface area contributed by atoms with Gasteiger partial charge in [0.25, 0.3) is 0 Å². The highest BCUT2D eigenvalue weighted by Gasteiger charge is 2.08. The molecule has 25 heavy (non-hydrogen) atoms. The maximum Gasteiger partial charge on any atom is 0.387 e. The smallest absolute Gasteiger partial charge is 0.387 e. The molecular weight excluding hydrogens is 332 g/mol. The molecule has 0 fully saturated rings. The van der Waals surface area contributed by atoms with Gasteiger partial charge in [0.15, 0.2) is 5.78 Å². The predicted molar refractivity (Wildman–Crippen MR) is 88.5 cm³/mol. The van der Waals surface area contributed by atoms with Crippen molar-refractivity contribution in [3.63, 3.8) is 0 Å². The van der Waals surface area contributed by atoms with Crippen LogP contribution in [-0.4, -0.2) is 25.7 Å². The first-order valence-corrected chi connectivity index (χ1v) is 7.37. The van der Waals surface area contributed by atoms with E-state index in [2.05, 4.69) is 9.89 Å². The van der Waals surface area contributed by atoms with Crippen molar-refractivity contribution >= 4 is 12.0 Å². The fraction of sp³-hybridized carbons (Fsp3) is 0.222. The number of rotatable bonds is 8. The van der Waals surface area contributed by atoms with E-state index in [0.29, 0.717) is 22.4 Å². The Balaban J connectivity index is 1.96. The lowest BCUT2D eigenvalue weighted by atomic mass is 10.1. The number of ether oxygens (including phenoxy) is 2. The largest absolute Gasteiger partial charge is 0.496 e. The normalized spacial score (nSPS) is 10.9. The summed E-state index contributed by atoms with van der Waals surface area (Å²) < 4.78 is 33.6. The van der Waals surface area contributed by atoms with Gasteiger partial charge in [0.05, 0.1) is 13.3 Å². The summed E-state index contributed by atoms with van der Waals surface area (Å²) in [6, 6.07) is 11.0. The standard InChI is InChI=1S/C18H17F2NO4/c1-12(22)14-5-8-17(23-2)15(9-14)11-24-21-10-13-3-6-16(7-4-13)25-18(19)20/h3-10,18H,11H2,1-2H3/b21-10+. The number of oxime groups is 1. The van der Waals surface area contributed by atoms with E-state index in [1.54, 1.807) is 30.3 Å². The molecule has 0 saturated heterocycles. The Morgan fingerprint density at radius 2 is 1.92 bits per heavy atom. The van der Waals surface area contributed by atoms with Crippen LogP contribution in [0.25, 0.3) is 0 Å². The summed E-state index contributed by atoms with van der Waals surface area (Å²) in [7, 11) is 1.53. The summed E-state index contributed by atoms with van der Waals surface area (Å²) in [6.07, 6.45) is 1.44. The number of benzene rings is 2. The van der Waals surface area contributed by atoms with Crippen LogP contribution >= 0.6 is 0 Å². The third kappa shape index (κ3) is 5.56. The van der Waals surface area contributed by atoms with E-state index < -0.39 is 6.61 Å². The van der Waals surface area contributed by atoms with E-state index in [1.165, 1.54) is 32.4 Å². The monoisotopic (exact) mass is 349 g/mol. The Morgan fingerprint density at radius 1 is 1.20 bits per heavy atom. The molecule has 0 atom stereocenters. The number of carbonyl (C=O) groups is 1. The Hall–Kier alpha value is -2.96. The van der Waals surface area contributed by atoms with Crippen LogP contribution in [0.15, 0.2) is 47.6 Å². The molecule has 5 nitrogen and oxygen atoms in total. The number of hydrogen-bond donors (Lipinski definition) is 0. The van der Waals surface area contributed by atoms with Gasteiger partial charge in [-0.1, -0.05) is 5.16 Å². The van der Waals surface area contributed by atoms with Crippen molar-refractivity contribution in [3.8, 4) is 11.5 Å². The molecule has 0 radical (unpaired) electrons. The Labute approximate surface area is 143 Å². The third-order valence-electron chi connectivity index (χ3n) is 3.29. The van der Waals surface area contributed by atoms with E-state index in [0.717, 1.165) is 0 Å². The quantitative estimate of drug-likeness (QED) is 0.410. The molecule has 7 heteroatoms. The van der Waals surface area contributed by atoms with E-state index in [1.807, 2.05) is 0 Å². The number of methoxy groups -OCH3 is 1. The van der Waals surface area contributed by atoms with Gasteiger partial charge < -0.3 is 14.3 Å². The summed E-state index contributed by atoms with van der Waals surface area (Å²) in [4.78, 5) is 16.7. The summed E-state index contributed by atoms with van der Waals surface area (Å²) in [5.41, 5.74) is 1.90. The zero-order chi connectivity index (χ0) is 18.2. The van der Waals surface area contributed by atoms with Crippen molar-refractivity contribution < 1.29 is 27.9 Å². The van der Waals surface area contributed by atoms with Crippen molar-refractivity contribution in [2.24, 2.45) is 5.16 Å². The lowest BCUT2D eigenvalue weighted by Gasteiger charge is -2.08. The van der Waals surface area contributed by atoms with Gasteiger partial charge in [-0.25, -0.2) is 0 Å². The molecule has 2 rings (SSSR count). The predicted octanol–water partition coefficient (Wildman–Crippen LogP) is 4.05. The minimum Gasteiger partial charge on any atom is -0.496 e. The fourth-order valence-corrected chi connectivity index (χ4v) is 2.05. The van der Waals surface area contributed by atoms with Crippen LogP contribution in [0.5, 0.6) is 11.5 Å². The highest BCUT2D eigenvalue weighted by molar-refractivity contribution is 5.94. The van der Waals surface area contributed by atoms with Crippen LogP contribution in [0.4, 0.5) is 8.78 Å². The highest BCUT2D eigenvalue weighted by atomic mass is 19.3. The molecule has 0 N–H and O–H groups in total. The average molecular weight is 349 g/mol. The molecule has 0 aromatic heterocycles. The lowest BCUT2D eigenvalue weighted by molar-refractivity contribution is -0.0498. The number of Topliss-reactive ketones (excluding diaryl/α,β-unsaturated/α-hetero) is 1. The highest BCUT2D eigenvalue weighted by Crippen LogP contribution is 2.21. The van der Waals surface area contributed by atoms with Crippen molar-refractivity contribution in [2.45, 2.75) is 20.1 Å². The van der Waals surface area contributed by atoms with Gasteiger partial charge >= 0.3 is 6.61 Å². The fourth-order valence-electron chi connectivity index (χ4n) is 2.05. The molecule has 0 unspecified atom stereocenters. The molecular formula is C18H17F2NO4.